The van der Waals surface area contributed by atoms with Crippen molar-refractivity contribution in [3.63, 3.8) is 0 Å². The first-order valence-corrected chi connectivity index (χ1v) is 9.46. The summed E-state index contributed by atoms with van der Waals surface area (Å²) in [5.74, 6) is 0.619. The maximum absolute atomic E-state index is 12.8. The van der Waals surface area contributed by atoms with Crippen LogP contribution in [0.25, 0.3) is 28.0 Å². The number of benzene rings is 1. The molecule has 142 valence electrons. The molecule has 1 aromatic carbocycles. The van der Waals surface area contributed by atoms with Crippen molar-refractivity contribution in [2.45, 2.75) is 19.9 Å². The summed E-state index contributed by atoms with van der Waals surface area (Å²) in [6, 6.07) is 11.6. The van der Waals surface area contributed by atoms with Crippen LogP contribution in [0.2, 0.25) is 0 Å². The molecule has 7 nitrogen and oxygen atoms in total. The molecule has 3 aromatic heterocycles. The second kappa shape index (κ2) is 6.45. The SMILES string of the molecule is Cc1nc2cc(-c3cc(=O)n4cc(N5CCNC(C)C5)ccc4n3)ccc2o1. The van der Waals surface area contributed by atoms with Crippen molar-refractivity contribution in [3.05, 3.63) is 58.8 Å². The Hall–Kier alpha value is -3.19. The fourth-order valence-electron chi connectivity index (χ4n) is 3.80. The van der Waals surface area contributed by atoms with Gasteiger partial charge in [-0.2, -0.15) is 0 Å². The Morgan fingerprint density at radius 3 is 2.93 bits per heavy atom. The lowest BCUT2D eigenvalue weighted by atomic mass is 10.1. The molecular formula is C21H21N5O2. The van der Waals surface area contributed by atoms with Crippen LogP contribution in [-0.2, 0) is 0 Å². The topological polar surface area (TPSA) is 75.7 Å². The molecule has 1 atom stereocenters. The molecule has 0 bridgehead atoms. The van der Waals surface area contributed by atoms with Gasteiger partial charge >= 0.3 is 0 Å². The first kappa shape index (κ1) is 16.9. The van der Waals surface area contributed by atoms with E-state index in [2.05, 4.69) is 22.1 Å². The van der Waals surface area contributed by atoms with E-state index in [1.165, 1.54) is 0 Å². The number of fused-ring (bicyclic) bond motifs is 2. The van der Waals surface area contributed by atoms with Gasteiger partial charge in [-0.05, 0) is 37.3 Å². The van der Waals surface area contributed by atoms with Crippen LogP contribution >= 0.6 is 0 Å². The molecule has 1 aliphatic rings. The van der Waals surface area contributed by atoms with Crippen molar-refractivity contribution in [1.82, 2.24) is 19.7 Å². The van der Waals surface area contributed by atoms with Crippen LogP contribution in [-0.4, -0.2) is 40.0 Å². The third kappa shape index (κ3) is 2.93. The highest BCUT2D eigenvalue weighted by atomic mass is 16.3. The average molecular weight is 375 g/mol. The summed E-state index contributed by atoms with van der Waals surface area (Å²) >= 11 is 0. The monoisotopic (exact) mass is 375 g/mol. The maximum Gasteiger partial charge on any atom is 0.258 e. The van der Waals surface area contributed by atoms with Crippen LogP contribution in [0, 0.1) is 6.92 Å². The summed E-state index contributed by atoms with van der Waals surface area (Å²) in [6.07, 6.45) is 1.89. The maximum atomic E-state index is 12.8. The van der Waals surface area contributed by atoms with Crippen molar-refractivity contribution in [2.24, 2.45) is 0 Å². The number of aryl methyl sites for hydroxylation is 1. The third-order valence-electron chi connectivity index (χ3n) is 5.17. The first-order chi connectivity index (χ1) is 13.6. The van der Waals surface area contributed by atoms with E-state index in [0.29, 0.717) is 23.3 Å². The van der Waals surface area contributed by atoms with Crippen molar-refractivity contribution in [3.8, 4) is 11.3 Å². The molecule has 4 heterocycles. The van der Waals surface area contributed by atoms with Crippen LogP contribution < -0.4 is 15.8 Å². The van der Waals surface area contributed by atoms with Gasteiger partial charge in [0, 0.05) is 50.4 Å². The van der Waals surface area contributed by atoms with Crippen molar-refractivity contribution < 1.29 is 4.42 Å². The van der Waals surface area contributed by atoms with Crippen LogP contribution in [0.4, 0.5) is 5.69 Å². The number of piperazine rings is 1. The minimum Gasteiger partial charge on any atom is -0.441 e. The summed E-state index contributed by atoms with van der Waals surface area (Å²) in [4.78, 5) is 24.2. The smallest absolute Gasteiger partial charge is 0.258 e. The van der Waals surface area contributed by atoms with Gasteiger partial charge in [0.25, 0.3) is 5.56 Å². The quantitative estimate of drug-likeness (QED) is 0.580. The van der Waals surface area contributed by atoms with Gasteiger partial charge in [0.05, 0.1) is 11.4 Å². The fourth-order valence-corrected chi connectivity index (χ4v) is 3.80. The second-order valence-corrected chi connectivity index (χ2v) is 7.31. The average Bonchev–Trinajstić information content (AvgIpc) is 3.07. The Kier molecular flexibility index (Phi) is 3.91. The van der Waals surface area contributed by atoms with Gasteiger partial charge < -0.3 is 14.6 Å². The molecular weight excluding hydrogens is 354 g/mol. The van der Waals surface area contributed by atoms with E-state index in [0.717, 1.165) is 42.0 Å². The van der Waals surface area contributed by atoms with Crippen molar-refractivity contribution in [2.75, 3.05) is 24.5 Å². The lowest BCUT2D eigenvalue weighted by molar-refractivity contribution is 0.484. The molecule has 1 unspecified atom stereocenters. The summed E-state index contributed by atoms with van der Waals surface area (Å²) in [7, 11) is 0. The molecule has 1 fully saturated rings. The van der Waals surface area contributed by atoms with Gasteiger partial charge in [-0.25, -0.2) is 9.97 Å². The zero-order valence-electron chi connectivity index (χ0n) is 15.8. The predicted molar refractivity (Wildman–Crippen MR) is 109 cm³/mol. The summed E-state index contributed by atoms with van der Waals surface area (Å²) < 4.78 is 7.14. The summed E-state index contributed by atoms with van der Waals surface area (Å²) in [6.45, 7) is 6.77. The van der Waals surface area contributed by atoms with Crippen LogP contribution in [0.5, 0.6) is 0 Å². The Morgan fingerprint density at radius 1 is 1.18 bits per heavy atom. The lowest BCUT2D eigenvalue weighted by Gasteiger charge is -2.33. The number of nitrogens with one attached hydrogen (secondary N) is 1. The lowest BCUT2D eigenvalue weighted by Crippen LogP contribution is -2.49. The molecule has 1 aliphatic heterocycles. The van der Waals surface area contributed by atoms with E-state index in [9.17, 15) is 4.79 Å². The van der Waals surface area contributed by atoms with Gasteiger partial charge in [0.15, 0.2) is 11.5 Å². The fraction of sp³-hybridized carbons (Fsp3) is 0.286. The van der Waals surface area contributed by atoms with Crippen LogP contribution in [0.3, 0.4) is 0 Å². The number of nitrogens with zero attached hydrogens (tertiary/aromatic N) is 4. The number of hydrogen-bond donors (Lipinski definition) is 1. The third-order valence-corrected chi connectivity index (χ3v) is 5.17. The Labute approximate surface area is 161 Å². The number of oxazole rings is 1. The zero-order chi connectivity index (χ0) is 19.3. The largest absolute Gasteiger partial charge is 0.441 e. The van der Waals surface area contributed by atoms with Gasteiger partial charge in [0.1, 0.15) is 11.2 Å². The highest BCUT2D eigenvalue weighted by molar-refractivity contribution is 5.79. The molecule has 28 heavy (non-hydrogen) atoms. The molecule has 0 amide bonds. The van der Waals surface area contributed by atoms with Gasteiger partial charge in [-0.3, -0.25) is 9.20 Å². The minimum atomic E-state index is -0.0959. The zero-order valence-corrected chi connectivity index (χ0v) is 15.8. The number of hydrogen-bond acceptors (Lipinski definition) is 6. The van der Waals surface area contributed by atoms with Crippen molar-refractivity contribution >= 4 is 22.4 Å². The van der Waals surface area contributed by atoms with Crippen LogP contribution in [0.15, 0.2) is 51.8 Å². The molecule has 0 radical (unpaired) electrons. The van der Waals surface area contributed by atoms with E-state index in [-0.39, 0.29) is 5.56 Å². The predicted octanol–water partition coefficient (Wildman–Crippen LogP) is 2.61. The van der Waals surface area contributed by atoms with E-state index in [1.807, 2.05) is 43.5 Å². The molecule has 0 aliphatic carbocycles. The van der Waals surface area contributed by atoms with E-state index >= 15 is 0 Å². The van der Waals surface area contributed by atoms with Gasteiger partial charge in [-0.1, -0.05) is 0 Å². The second-order valence-electron chi connectivity index (χ2n) is 7.31. The Bertz CT molecular complexity index is 1240. The Balaban J connectivity index is 1.56. The first-order valence-electron chi connectivity index (χ1n) is 9.46. The molecule has 5 rings (SSSR count). The van der Waals surface area contributed by atoms with Gasteiger partial charge in [0.2, 0.25) is 0 Å². The molecule has 4 aromatic rings. The summed E-state index contributed by atoms with van der Waals surface area (Å²) in [5.41, 5.74) is 4.55. The Morgan fingerprint density at radius 2 is 2.07 bits per heavy atom. The molecule has 1 saturated heterocycles. The number of aromatic nitrogens is 3. The number of rotatable bonds is 2. The standard InChI is InChI=1S/C21H21N5O2/c1-13-11-25(8-7-22-13)16-4-6-20-24-17(10-21(27)26(20)12-16)15-3-5-19-18(9-15)23-14(2)28-19/h3-6,9-10,12-13,22H,7-8,11H2,1-2H3. The highest BCUT2D eigenvalue weighted by Gasteiger charge is 2.17. The highest BCUT2D eigenvalue weighted by Crippen LogP contribution is 2.24. The van der Waals surface area contributed by atoms with E-state index in [1.54, 1.807) is 10.5 Å². The van der Waals surface area contributed by atoms with Gasteiger partial charge in [-0.15, -0.1) is 0 Å². The minimum absolute atomic E-state index is 0.0959. The van der Waals surface area contributed by atoms with E-state index in [4.69, 9.17) is 9.40 Å². The molecule has 1 N–H and O–H groups in total. The van der Waals surface area contributed by atoms with E-state index < -0.39 is 0 Å². The number of pyridine rings is 1. The van der Waals surface area contributed by atoms with Crippen molar-refractivity contribution in [1.29, 1.82) is 0 Å². The molecule has 0 spiro atoms. The summed E-state index contributed by atoms with van der Waals surface area (Å²) in [5, 5.41) is 3.44. The molecule has 0 saturated carbocycles. The molecule has 7 heteroatoms. The number of anilines is 1. The van der Waals surface area contributed by atoms with Crippen LogP contribution in [0.1, 0.15) is 12.8 Å². The normalized spacial score (nSPS) is 17.5.